The second-order valence-corrected chi connectivity index (χ2v) is 4.16. The molecule has 0 saturated carbocycles. The predicted molar refractivity (Wildman–Crippen MR) is 67.7 cm³/mol. The van der Waals surface area contributed by atoms with E-state index in [9.17, 15) is 8.78 Å². The molecule has 2 aromatic rings. The molecule has 0 radical (unpaired) electrons. The van der Waals surface area contributed by atoms with E-state index in [4.69, 9.17) is 5.11 Å². The number of benzene rings is 1. The van der Waals surface area contributed by atoms with Gasteiger partial charge in [-0.2, -0.15) is 0 Å². The summed E-state index contributed by atoms with van der Waals surface area (Å²) >= 11 is 0. The van der Waals surface area contributed by atoms with Gasteiger partial charge in [-0.15, -0.1) is 0 Å². The molecule has 2 rings (SSSR count). The van der Waals surface area contributed by atoms with Crippen molar-refractivity contribution in [3.05, 3.63) is 59.4 Å². The minimum atomic E-state index is -0.943. The Hall–Kier alpha value is -2.01. The first-order valence-corrected chi connectivity index (χ1v) is 5.94. The highest BCUT2D eigenvalue weighted by Gasteiger charge is 2.08. The summed E-state index contributed by atoms with van der Waals surface area (Å²) in [4.78, 5) is 4.17. The number of hydrogen-bond acceptors (Lipinski definition) is 3. The molecule has 2 N–H and O–H groups in total. The van der Waals surface area contributed by atoms with Crippen molar-refractivity contribution in [2.45, 2.75) is 13.0 Å². The number of pyridine rings is 1. The summed E-state index contributed by atoms with van der Waals surface area (Å²) in [5.41, 5.74) is 1.41. The fourth-order valence-electron chi connectivity index (χ4n) is 1.72. The SMILES string of the molecule is Oc1c(F)cc(CNCCc2ccccn2)cc1F. The van der Waals surface area contributed by atoms with E-state index in [0.717, 1.165) is 24.2 Å². The molecular weight excluding hydrogens is 250 g/mol. The monoisotopic (exact) mass is 264 g/mol. The number of aromatic hydroxyl groups is 1. The van der Waals surface area contributed by atoms with Crippen LogP contribution in [0.15, 0.2) is 36.5 Å². The third kappa shape index (κ3) is 3.72. The summed E-state index contributed by atoms with van der Waals surface area (Å²) in [6.07, 6.45) is 2.46. The maximum atomic E-state index is 13.1. The molecule has 0 atom stereocenters. The summed E-state index contributed by atoms with van der Waals surface area (Å²) < 4.78 is 26.2. The van der Waals surface area contributed by atoms with Crippen LogP contribution in [0.3, 0.4) is 0 Å². The van der Waals surface area contributed by atoms with Gasteiger partial charge in [0.05, 0.1) is 0 Å². The van der Waals surface area contributed by atoms with Crippen molar-refractivity contribution in [3.8, 4) is 5.75 Å². The fraction of sp³-hybridized carbons (Fsp3) is 0.214. The quantitative estimate of drug-likeness (QED) is 0.815. The predicted octanol–water partition coefficient (Wildman–Crippen LogP) is 2.40. The van der Waals surface area contributed by atoms with E-state index in [1.54, 1.807) is 6.20 Å². The second kappa shape index (κ2) is 6.24. The maximum Gasteiger partial charge on any atom is 0.187 e. The van der Waals surface area contributed by atoms with Crippen molar-refractivity contribution in [2.75, 3.05) is 6.54 Å². The molecule has 0 amide bonds. The van der Waals surface area contributed by atoms with E-state index in [0.29, 0.717) is 18.7 Å². The van der Waals surface area contributed by atoms with Gasteiger partial charge in [0.2, 0.25) is 0 Å². The first kappa shape index (κ1) is 13.4. The minimum absolute atomic E-state index is 0.334. The molecule has 1 aromatic carbocycles. The maximum absolute atomic E-state index is 13.1. The number of aromatic nitrogens is 1. The molecule has 0 unspecified atom stereocenters. The molecule has 100 valence electrons. The van der Waals surface area contributed by atoms with Crippen LogP contribution >= 0.6 is 0 Å². The van der Waals surface area contributed by atoms with E-state index >= 15 is 0 Å². The van der Waals surface area contributed by atoms with Gasteiger partial charge in [-0.05, 0) is 29.8 Å². The molecule has 0 saturated heterocycles. The van der Waals surface area contributed by atoms with Crippen molar-refractivity contribution >= 4 is 0 Å². The highest BCUT2D eigenvalue weighted by molar-refractivity contribution is 5.29. The van der Waals surface area contributed by atoms with Gasteiger partial charge < -0.3 is 10.4 Å². The number of halogens is 2. The lowest BCUT2D eigenvalue weighted by Gasteiger charge is -2.06. The Morgan fingerprint density at radius 3 is 2.53 bits per heavy atom. The van der Waals surface area contributed by atoms with Gasteiger partial charge >= 0.3 is 0 Å². The van der Waals surface area contributed by atoms with Crippen LogP contribution in [0.2, 0.25) is 0 Å². The number of hydrogen-bond donors (Lipinski definition) is 2. The second-order valence-electron chi connectivity index (χ2n) is 4.16. The Morgan fingerprint density at radius 1 is 1.16 bits per heavy atom. The highest BCUT2D eigenvalue weighted by atomic mass is 19.1. The standard InChI is InChI=1S/C14H14F2N2O/c15-12-7-10(8-13(16)14(12)19)9-17-6-4-11-3-1-2-5-18-11/h1-3,5,7-8,17,19H,4,6,9H2. The molecular formula is C14H14F2N2O. The van der Waals surface area contributed by atoms with Crippen LogP contribution in [0.4, 0.5) is 8.78 Å². The summed E-state index contributed by atoms with van der Waals surface area (Å²) in [5.74, 6) is -2.82. The van der Waals surface area contributed by atoms with Crippen molar-refractivity contribution in [3.63, 3.8) is 0 Å². The third-order valence-electron chi connectivity index (χ3n) is 2.69. The lowest BCUT2D eigenvalue weighted by molar-refractivity contribution is 0.395. The first-order valence-electron chi connectivity index (χ1n) is 5.94. The fourth-order valence-corrected chi connectivity index (χ4v) is 1.72. The van der Waals surface area contributed by atoms with Crippen LogP contribution in [0.5, 0.6) is 5.75 Å². The van der Waals surface area contributed by atoms with Crippen LogP contribution in [-0.4, -0.2) is 16.6 Å². The molecule has 3 nitrogen and oxygen atoms in total. The first-order chi connectivity index (χ1) is 9.16. The normalized spacial score (nSPS) is 10.6. The summed E-state index contributed by atoms with van der Waals surface area (Å²) in [5, 5.41) is 12.0. The van der Waals surface area contributed by atoms with Crippen molar-refractivity contribution in [2.24, 2.45) is 0 Å². The van der Waals surface area contributed by atoms with E-state index < -0.39 is 17.4 Å². The highest BCUT2D eigenvalue weighted by Crippen LogP contribution is 2.21. The average molecular weight is 264 g/mol. The van der Waals surface area contributed by atoms with E-state index in [-0.39, 0.29) is 0 Å². The van der Waals surface area contributed by atoms with Gasteiger partial charge in [0.15, 0.2) is 17.4 Å². The molecule has 0 aliphatic rings. The van der Waals surface area contributed by atoms with Crippen molar-refractivity contribution in [1.82, 2.24) is 10.3 Å². The lowest BCUT2D eigenvalue weighted by atomic mass is 10.2. The van der Waals surface area contributed by atoms with Crippen LogP contribution in [0.25, 0.3) is 0 Å². The smallest absolute Gasteiger partial charge is 0.187 e. The van der Waals surface area contributed by atoms with Crippen molar-refractivity contribution < 1.29 is 13.9 Å². The van der Waals surface area contributed by atoms with Crippen LogP contribution in [-0.2, 0) is 13.0 Å². The topological polar surface area (TPSA) is 45.1 Å². The van der Waals surface area contributed by atoms with E-state index in [2.05, 4.69) is 10.3 Å². The number of rotatable bonds is 5. The minimum Gasteiger partial charge on any atom is -0.503 e. The number of phenolic OH excluding ortho intramolecular Hbond substituents is 1. The van der Waals surface area contributed by atoms with Crippen LogP contribution in [0, 0.1) is 11.6 Å². The number of nitrogens with one attached hydrogen (secondary N) is 1. The Labute approximate surface area is 109 Å². The Morgan fingerprint density at radius 2 is 1.89 bits per heavy atom. The molecule has 0 fully saturated rings. The molecule has 0 aliphatic heterocycles. The Balaban J connectivity index is 1.83. The molecule has 0 bridgehead atoms. The molecule has 19 heavy (non-hydrogen) atoms. The number of nitrogens with zero attached hydrogens (tertiary/aromatic N) is 1. The Kier molecular flexibility index (Phi) is 4.41. The van der Waals surface area contributed by atoms with Gasteiger partial charge in [0, 0.05) is 31.4 Å². The molecule has 1 heterocycles. The zero-order valence-corrected chi connectivity index (χ0v) is 10.2. The molecule has 1 aromatic heterocycles. The number of phenols is 1. The third-order valence-corrected chi connectivity index (χ3v) is 2.69. The average Bonchev–Trinajstić information content (AvgIpc) is 2.42. The Bertz CT molecular complexity index is 523. The van der Waals surface area contributed by atoms with Gasteiger partial charge in [0.25, 0.3) is 0 Å². The molecule has 5 heteroatoms. The largest absolute Gasteiger partial charge is 0.503 e. The van der Waals surface area contributed by atoms with Gasteiger partial charge in [-0.1, -0.05) is 6.07 Å². The zero-order valence-electron chi connectivity index (χ0n) is 10.2. The molecule has 0 aliphatic carbocycles. The molecule has 0 spiro atoms. The van der Waals surface area contributed by atoms with Gasteiger partial charge in [-0.3, -0.25) is 4.98 Å². The van der Waals surface area contributed by atoms with Crippen molar-refractivity contribution in [1.29, 1.82) is 0 Å². The summed E-state index contributed by atoms with van der Waals surface area (Å²) in [6, 6.07) is 7.91. The van der Waals surface area contributed by atoms with Gasteiger partial charge in [0.1, 0.15) is 0 Å². The zero-order chi connectivity index (χ0) is 13.7. The lowest BCUT2D eigenvalue weighted by Crippen LogP contribution is -2.17. The summed E-state index contributed by atoms with van der Waals surface area (Å²) in [7, 11) is 0. The van der Waals surface area contributed by atoms with Gasteiger partial charge in [-0.25, -0.2) is 8.78 Å². The van der Waals surface area contributed by atoms with E-state index in [1.165, 1.54) is 0 Å². The van der Waals surface area contributed by atoms with Crippen LogP contribution < -0.4 is 5.32 Å². The van der Waals surface area contributed by atoms with Crippen LogP contribution in [0.1, 0.15) is 11.3 Å². The summed E-state index contributed by atoms with van der Waals surface area (Å²) in [6.45, 7) is 0.988. The van der Waals surface area contributed by atoms with E-state index in [1.807, 2.05) is 18.2 Å².